The average Bonchev–Trinajstić information content (AvgIpc) is 2.93. The van der Waals surface area contributed by atoms with Gasteiger partial charge in [0.05, 0.1) is 19.6 Å². The number of hydrogen-bond donors (Lipinski definition) is 1. The molecule has 19 heavy (non-hydrogen) atoms. The summed E-state index contributed by atoms with van der Waals surface area (Å²) in [5.41, 5.74) is 2.29. The van der Waals surface area contributed by atoms with Crippen LogP contribution < -0.4 is 14.8 Å². The Labute approximate surface area is 113 Å². The minimum atomic E-state index is 0.595. The van der Waals surface area contributed by atoms with Crippen molar-refractivity contribution in [2.45, 2.75) is 13.5 Å². The summed E-state index contributed by atoms with van der Waals surface area (Å²) in [4.78, 5) is 0. The summed E-state index contributed by atoms with van der Waals surface area (Å²) in [7, 11) is 1.65. The molecule has 0 aliphatic carbocycles. The summed E-state index contributed by atoms with van der Waals surface area (Å²) in [6.07, 6.45) is 3.40. The van der Waals surface area contributed by atoms with Crippen molar-refractivity contribution in [3.63, 3.8) is 0 Å². The summed E-state index contributed by atoms with van der Waals surface area (Å²) < 4.78 is 16.0. The Kier molecular flexibility index (Phi) is 4.86. The monoisotopic (exact) mass is 261 g/mol. The van der Waals surface area contributed by atoms with Crippen LogP contribution in [0.3, 0.4) is 0 Å². The molecule has 0 amide bonds. The second kappa shape index (κ2) is 6.85. The number of hydrogen-bond acceptors (Lipinski definition) is 4. The van der Waals surface area contributed by atoms with Crippen LogP contribution in [0.4, 0.5) is 0 Å². The van der Waals surface area contributed by atoms with Gasteiger partial charge in [0.15, 0.2) is 11.5 Å². The second-order valence-corrected chi connectivity index (χ2v) is 4.31. The van der Waals surface area contributed by atoms with Gasteiger partial charge in [0.2, 0.25) is 0 Å². The topological polar surface area (TPSA) is 43.6 Å². The van der Waals surface area contributed by atoms with E-state index in [0.717, 1.165) is 35.7 Å². The van der Waals surface area contributed by atoms with Gasteiger partial charge in [-0.25, -0.2) is 0 Å². The molecule has 0 atom stereocenters. The van der Waals surface area contributed by atoms with Gasteiger partial charge in [-0.3, -0.25) is 0 Å². The number of nitrogens with one attached hydrogen (secondary N) is 1. The lowest BCUT2D eigenvalue weighted by atomic mass is 10.2. The highest BCUT2D eigenvalue weighted by molar-refractivity contribution is 5.42. The van der Waals surface area contributed by atoms with Crippen LogP contribution in [-0.4, -0.2) is 20.3 Å². The zero-order valence-electron chi connectivity index (χ0n) is 11.3. The van der Waals surface area contributed by atoms with E-state index in [1.165, 1.54) is 0 Å². The van der Waals surface area contributed by atoms with Crippen LogP contribution in [0.2, 0.25) is 0 Å². The van der Waals surface area contributed by atoms with E-state index in [2.05, 4.69) is 5.32 Å². The molecule has 1 heterocycles. The molecule has 0 bridgehead atoms. The maximum atomic E-state index is 5.69. The van der Waals surface area contributed by atoms with Gasteiger partial charge in [-0.15, -0.1) is 0 Å². The van der Waals surface area contributed by atoms with Crippen molar-refractivity contribution in [3.05, 3.63) is 47.9 Å². The van der Waals surface area contributed by atoms with Gasteiger partial charge >= 0.3 is 0 Å². The standard InChI is InChI=1S/C15H19NO3/c1-12-3-4-14(15(9-12)17-2)19-8-6-16-10-13-5-7-18-11-13/h3-5,7,9,11,16H,6,8,10H2,1-2H3. The summed E-state index contributed by atoms with van der Waals surface area (Å²) in [5, 5.41) is 3.28. The Balaban J connectivity index is 1.73. The van der Waals surface area contributed by atoms with Gasteiger partial charge in [-0.1, -0.05) is 6.07 Å². The van der Waals surface area contributed by atoms with E-state index in [0.29, 0.717) is 6.61 Å². The Bertz CT molecular complexity index is 494. The first-order chi connectivity index (χ1) is 9.29. The van der Waals surface area contributed by atoms with Crippen molar-refractivity contribution in [1.82, 2.24) is 5.32 Å². The molecule has 102 valence electrons. The molecule has 2 rings (SSSR count). The molecule has 1 N–H and O–H groups in total. The van der Waals surface area contributed by atoms with Crippen molar-refractivity contribution < 1.29 is 13.9 Å². The molecule has 0 unspecified atom stereocenters. The van der Waals surface area contributed by atoms with Gasteiger partial charge in [0.25, 0.3) is 0 Å². The highest BCUT2D eigenvalue weighted by Gasteiger charge is 2.03. The molecule has 0 spiro atoms. The molecule has 1 aromatic carbocycles. The average molecular weight is 261 g/mol. The number of rotatable bonds is 7. The van der Waals surface area contributed by atoms with E-state index in [-0.39, 0.29) is 0 Å². The third-order valence-corrected chi connectivity index (χ3v) is 2.76. The SMILES string of the molecule is COc1cc(C)ccc1OCCNCc1ccoc1. The molecular weight excluding hydrogens is 242 g/mol. The highest BCUT2D eigenvalue weighted by Crippen LogP contribution is 2.27. The third-order valence-electron chi connectivity index (χ3n) is 2.76. The lowest BCUT2D eigenvalue weighted by Crippen LogP contribution is -2.20. The van der Waals surface area contributed by atoms with E-state index in [1.807, 2.05) is 31.2 Å². The first-order valence-corrected chi connectivity index (χ1v) is 6.29. The molecule has 0 saturated heterocycles. The normalized spacial score (nSPS) is 10.4. The van der Waals surface area contributed by atoms with E-state index in [4.69, 9.17) is 13.9 Å². The molecule has 4 nitrogen and oxygen atoms in total. The van der Waals surface area contributed by atoms with E-state index < -0.39 is 0 Å². The van der Waals surface area contributed by atoms with Crippen molar-refractivity contribution in [1.29, 1.82) is 0 Å². The molecule has 0 fully saturated rings. The zero-order chi connectivity index (χ0) is 13.5. The van der Waals surface area contributed by atoms with Crippen LogP contribution in [0.25, 0.3) is 0 Å². The van der Waals surface area contributed by atoms with Gasteiger partial charge in [0.1, 0.15) is 6.61 Å². The molecule has 4 heteroatoms. The molecule has 2 aromatic rings. The quantitative estimate of drug-likeness (QED) is 0.778. The number of methoxy groups -OCH3 is 1. The van der Waals surface area contributed by atoms with Crippen LogP contribution in [0.15, 0.2) is 41.2 Å². The van der Waals surface area contributed by atoms with Crippen molar-refractivity contribution in [2.75, 3.05) is 20.3 Å². The molecule has 0 aliphatic heterocycles. The Morgan fingerprint density at radius 2 is 2.11 bits per heavy atom. The van der Waals surface area contributed by atoms with Crippen molar-refractivity contribution in [2.24, 2.45) is 0 Å². The highest BCUT2D eigenvalue weighted by atomic mass is 16.5. The fourth-order valence-electron chi connectivity index (χ4n) is 1.75. The lowest BCUT2D eigenvalue weighted by molar-refractivity contribution is 0.292. The van der Waals surface area contributed by atoms with Crippen molar-refractivity contribution >= 4 is 0 Å². The first-order valence-electron chi connectivity index (χ1n) is 6.29. The second-order valence-electron chi connectivity index (χ2n) is 4.31. The Hall–Kier alpha value is -1.94. The smallest absolute Gasteiger partial charge is 0.161 e. The number of aryl methyl sites for hydroxylation is 1. The summed E-state index contributed by atoms with van der Waals surface area (Å²) in [6.45, 7) is 4.17. The minimum absolute atomic E-state index is 0.595. The predicted octanol–water partition coefficient (Wildman–Crippen LogP) is 2.77. The predicted molar refractivity (Wildman–Crippen MR) is 73.6 cm³/mol. The fraction of sp³-hybridized carbons (Fsp3) is 0.333. The molecule has 1 aromatic heterocycles. The van der Waals surface area contributed by atoms with Crippen molar-refractivity contribution in [3.8, 4) is 11.5 Å². The number of ether oxygens (including phenoxy) is 2. The van der Waals surface area contributed by atoms with Gasteiger partial charge < -0.3 is 19.2 Å². The third kappa shape index (κ3) is 4.03. The fourth-order valence-corrected chi connectivity index (χ4v) is 1.75. The minimum Gasteiger partial charge on any atom is -0.493 e. The zero-order valence-corrected chi connectivity index (χ0v) is 11.3. The summed E-state index contributed by atoms with van der Waals surface area (Å²) in [5.74, 6) is 1.55. The molecule has 0 saturated carbocycles. The van der Waals surface area contributed by atoms with Crippen LogP contribution >= 0.6 is 0 Å². The van der Waals surface area contributed by atoms with Crippen LogP contribution in [0.5, 0.6) is 11.5 Å². The van der Waals surface area contributed by atoms with Gasteiger partial charge in [-0.2, -0.15) is 0 Å². The Morgan fingerprint density at radius 1 is 1.21 bits per heavy atom. The Morgan fingerprint density at radius 3 is 2.84 bits per heavy atom. The summed E-state index contributed by atoms with van der Waals surface area (Å²) >= 11 is 0. The van der Waals surface area contributed by atoms with E-state index in [1.54, 1.807) is 19.6 Å². The largest absolute Gasteiger partial charge is 0.493 e. The lowest BCUT2D eigenvalue weighted by Gasteiger charge is -2.11. The van der Waals surface area contributed by atoms with E-state index >= 15 is 0 Å². The van der Waals surface area contributed by atoms with Gasteiger partial charge in [-0.05, 0) is 30.7 Å². The van der Waals surface area contributed by atoms with Crippen LogP contribution in [0, 0.1) is 6.92 Å². The molecular formula is C15H19NO3. The van der Waals surface area contributed by atoms with E-state index in [9.17, 15) is 0 Å². The maximum Gasteiger partial charge on any atom is 0.161 e. The van der Waals surface area contributed by atoms with Gasteiger partial charge in [0, 0.05) is 18.7 Å². The maximum absolute atomic E-state index is 5.69. The first kappa shape index (κ1) is 13.5. The number of furan rings is 1. The van der Waals surface area contributed by atoms with Crippen LogP contribution in [0.1, 0.15) is 11.1 Å². The molecule has 0 radical (unpaired) electrons. The number of benzene rings is 1. The van der Waals surface area contributed by atoms with Crippen LogP contribution in [-0.2, 0) is 6.54 Å². The molecule has 0 aliphatic rings. The summed E-state index contributed by atoms with van der Waals surface area (Å²) in [6, 6.07) is 7.85.